The zero-order chi connectivity index (χ0) is 28.2. The van der Waals surface area contributed by atoms with Gasteiger partial charge in [-0.1, -0.05) is 37.8 Å². The Morgan fingerprint density at radius 2 is 1.79 bits per heavy atom. The van der Waals surface area contributed by atoms with Crippen LogP contribution in [0.25, 0.3) is 11.0 Å². The summed E-state index contributed by atoms with van der Waals surface area (Å²) in [6.07, 6.45) is -3.35. The van der Waals surface area contributed by atoms with Crippen LogP contribution in [0.2, 0.25) is 25.7 Å². The summed E-state index contributed by atoms with van der Waals surface area (Å²) in [4.78, 5) is 16.2. The van der Waals surface area contributed by atoms with E-state index in [0.29, 0.717) is 12.4 Å². The molecule has 39 heavy (non-hydrogen) atoms. The summed E-state index contributed by atoms with van der Waals surface area (Å²) in [5.41, 5.74) is -0.912. The van der Waals surface area contributed by atoms with Crippen molar-refractivity contribution >= 4 is 30.9 Å². The molecule has 4 rings (SSSR count). The number of ether oxygens (including phenoxy) is 3. The molecule has 0 fully saturated rings. The van der Waals surface area contributed by atoms with Crippen LogP contribution in [0.4, 0.5) is 28.0 Å². The minimum absolute atomic E-state index is 0.00446. The number of nitrogens with zero attached hydrogens (tertiary/aromatic N) is 2. The van der Waals surface area contributed by atoms with Crippen molar-refractivity contribution < 1.29 is 36.6 Å². The zero-order valence-corrected chi connectivity index (χ0v) is 22.5. The molecule has 7 nitrogen and oxygen atoms in total. The highest BCUT2D eigenvalue weighted by Crippen LogP contribution is 2.41. The van der Waals surface area contributed by atoms with Crippen molar-refractivity contribution in [3.05, 3.63) is 78.4 Å². The molecular formula is C27H27F4N3O4Si. The Morgan fingerprint density at radius 3 is 2.46 bits per heavy atom. The average Bonchev–Trinajstić information content (AvgIpc) is 3.24. The fourth-order valence-corrected chi connectivity index (χ4v) is 4.40. The fraction of sp³-hybridized carbons (Fsp3) is 0.259. The van der Waals surface area contributed by atoms with Gasteiger partial charge in [-0.3, -0.25) is 5.32 Å². The lowest BCUT2D eigenvalue weighted by atomic mass is 10.2. The smallest absolute Gasteiger partial charge is 0.418 e. The van der Waals surface area contributed by atoms with Gasteiger partial charge in [-0.2, -0.15) is 13.2 Å². The molecule has 0 atom stereocenters. The summed E-state index contributed by atoms with van der Waals surface area (Å²) < 4.78 is 74.3. The van der Waals surface area contributed by atoms with Gasteiger partial charge in [0.2, 0.25) is 0 Å². The second kappa shape index (κ2) is 11.5. The van der Waals surface area contributed by atoms with E-state index in [2.05, 4.69) is 29.9 Å². The minimum Gasteiger partial charge on any atom is -0.453 e. The molecule has 206 valence electrons. The maximum absolute atomic E-state index is 14.9. The predicted octanol–water partition coefficient (Wildman–Crippen LogP) is 7.91. The van der Waals surface area contributed by atoms with E-state index in [1.54, 1.807) is 30.3 Å². The Bertz CT molecular complexity index is 1450. The Kier molecular flexibility index (Phi) is 8.26. The largest absolute Gasteiger partial charge is 0.453 e. The molecule has 0 saturated heterocycles. The van der Waals surface area contributed by atoms with E-state index in [0.717, 1.165) is 18.3 Å². The van der Waals surface area contributed by atoms with Crippen molar-refractivity contribution in [2.45, 2.75) is 38.6 Å². The lowest BCUT2D eigenvalue weighted by molar-refractivity contribution is -0.136. The van der Waals surface area contributed by atoms with Gasteiger partial charge in [0, 0.05) is 38.8 Å². The zero-order valence-electron chi connectivity index (χ0n) is 21.5. The molecule has 0 unspecified atom stereocenters. The number of fused-ring (bicyclic) bond motifs is 1. The number of para-hydroxylation sites is 1. The molecular weight excluding hydrogens is 534 g/mol. The highest BCUT2D eigenvalue weighted by Gasteiger charge is 2.36. The molecule has 0 spiro atoms. The van der Waals surface area contributed by atoms with E-state index in [1.165, 1.54) is 29.0 Å². The quantitative estimate of drug-likeness (QED) is 0.128. The van der Waals surface area contributed by atoms with E-state index >= 15 is 0 Å². The molecule has 0 aliphatic carbocycles. The highest BCUT2D eigenvalue weighted by molar-refractivity contribution is 6.76. The number of carbonyl (C=O) groups excluding carboxylic acids is 1. The van der Waals surface area contributed by atoms with Crippen molar-refractivity contribution in [3.63, 3.8) is 0 Å². The van der Waals surface area contributed by atoms with E-state index in [-0.39, 0.29) is 35.0 Å². The lowest BCUT2D eigenvalue weighted by Gasteiger charge is -2.15. The second-order valence-electron chi connectivity index (χ2n) is 9.94. The molecule has 0 radical (unpaired) electrons. The number of carbonyl (C=O) groups is 1. The van der Waals surface area contributed by atoms with Gasteiger partial charge in [0.25, 0.3) is 0 Å². The third kappa shape index (κ3) is 7.36. The van der Waals surface area contributed by atoms with Crippen molar-refractivity contribution in [1.82, 2.24) is 9.55 Å². The van der Waals surface area contributed by atoms with Crippen LogP contribution in [0.1, 0.15) is 5.56 Å². The molecule has 0 bridgehead atoms. The van der Waals surface area contributed by atoms with Crippen molar-refractivity contribution in [1.29, 1.82) is 0 Å². The van der Waals surface area contributed by atoms with E-state index in [4.69, 9.17) is 14.2 Å². The number of amides is 1. The first-order valence-electron chi connectivity index (χ1n) is 12.0. The number of pyridine rings is 1. The maximum atomic E-state index is 14.9. The first-order valence-corrected chi connectivity index (χ1v) is 15.8. The number of hydrogen-bond acceptors (Lipinski definition) is 5. The van der Waals surface area contributed by atoms with Gasteiger partial charge in [0.1, 0.15) is 23.9 Å². The molecule has 12 heteroatoms. The van der Waals surface area contributed by atoms with Gasteiger partial charge in [0.05, 0.1) is 10.9 Å². The number of benzene rings is 2. The number of anilines is 1. The maximum Gasteiger partial charge on any atom is 0.418 e. The van der Waals surface area contributed by atoms with Gasteiger partial charge < -0.3 is 18.8 Å². The molecule has 1 N–H and O–H groups in total. The Morgan fingerprint density at radius 1 is 1.05 bits per heavy atom. The number of aromatic nitrogens is 2. The van der Waals surface area contributed by atoms with Crippen LogP contribution in [0, 0.1) is 5.82 Å². The molecule has 2 aromatic heterocycles. The average molecular weight is 562 g/mol. The van der Waals surface area contributed by atoms with Crippen molar-refractivity contribution in [2.75, 3.05) is 11.9 Å². The lowest BCUT2D eigenvalue weighted by Crippen LogP contribution is -2.22. The van der Waals surface area contributed by atoms with Crippen LogP contribution in [-0.4, -0.2) is 30.3 Å². The second-order valence-corrected chi connectivity index (χ2v) is 15.6. The Labute approximate surface area is 223 Å². The van der Waals surface area contributed by atoms with Gasteiger partial charge in [-0.25, -0.2) is 14.2 Å². The van der Waals surface area contributed by atoms with Gasteiger partial charge >= 0.3 is 12.3 Å². The molecule has 4 aromatic rings. The number of rotatable bonds is 9. The molecule has 0 aliphatic rings. The Hall–Kier alpha value is -3.90. The van der Waals surface area contributed by atoms with E-state index in [1.807, 2.05) is 0 Å². The van der Waals surface area contributed by atoms with E-state index in [9.17, 15) is 22.4 Å². The first-order chi connectivity index (χ1) is 18.4. The summed E-state index contributed by atoms with van der Waals surface area (Å²) in [7, 11) is -1.38. The molecule has 0 saturated carbocycles. The third-order valence-electron chi connectivity index (χ3n) is 5.60. The van der Waals surface area contributed by atoms with Crippen molar-refractivity contribution in [2.24, 2.45) is 0 Å². The number of hydrogen-bond donors (Lipinski definition) is 1. The monoisotopic (exact) mass is 561 g/mol. The van der Waals surface area contributed by atoms with E-state index < -0.39 is 31.7 Å². The highest BCUT2D eigenvalue weighted by atomic mass is 28.3. The summed E-state index contributed by atoms with van der Waals surface area (Å²) in [6, 6.07) is 13.9. The standard InChI is InChI=1S/C27H27F4N3O4Si/c1-39(2,3)14-13-36-17-34-16-20(27(29,30)31)24-23(11-12-32-25(24)34)38-22-10-9-18(15-21(22)28)33-26(35)37-19-7-5-4-6-8-19/h4-12,15-16H,13-14,17H2,1-3H3,(H,33,35). The van der Waals surface area contributed by atoms with Crippen LogP contribution < -0.4 is 14.8 Å². The molecule has 2 heterocycles. The SMILES string of the molecule is C[Si](C)(C)CCOCn1cc(C(F)(F)F)c2c(Oc3ccc(NC(=O)Oc4ccccc4)cc3F)ccnc21. The minimum atomic E-state index is -4.71. The van der Waals surface area contributed by atoms with Crippen molar-refractivity contribution in [3.8, 4) is 17.2 Å². The third-order valence-corrected chi connectivity index (χ3v) is 7.31. The number of alkyl halides is 3. The van der Waals surface area contributed by atoms with Gasteiger partial charge in [0.15, 0.2) is 11.6 Å². The number of halogens is 4. The van der Waals surface area contributed by atoms with Crippen LogP contribution in [0.15, 0.2) is 67.0 Å². The fourth-order valence-electron chi connectivity index (χ4n) is 3.64. The normalized spacial score (nSPS) is 12.0. The summed E-state index contributed by atoms with van der Waals surface area (Å²) in [5.74, 6) is -1.17. The topological polar surface area (TPSA) is 74.6 Å². The molecule has 2 aromatic carbocycles. The molecule has 0 aliphatic heterocycles. The van der Waals surface area contributed by atoms with Crippen LogP contribution in [-0.2, 0) is 17.6 Å². The summed E-state index contributed by atoms with van der Waals surface area (Å²) >= 11 is 0. The Balaban J connectivity index is 1.55. The first kappa shape index (κ1) is 28.1. The van der Waals surface area contributed by atoms with Gasteiger partial charge in [-0.15, -0.1) is 0 Å². The van der Waals surface area contributed by atoms with Gasteiger partial charge in [-0.05, 0) is 36.4 Å². The van der Waals surface area contributed by atoms with Crippen LogP contribution >= 0.6 is 0 Å². The molecule has 1 amide bonds. The number of nitrogens with one attached hydrogen (secondary N) is 1. The van der Waals surface area contributed by atoms with Crippen LogP contribution in [0.3, 0.4) is 0 Å². The summed E-state index contributed by atoms with van der Waals surface area (Å²) in [6.45, 7) is 6.81. The van der Waals surface area contributed by atoms with Crippen LogP contribution in [0.5, 0.6) is 17.2 Å². The predicted molar refractivity (Wildman–Crippen MR) is 141 cm³/mol. The summed E-state index contributed by atoms with van der Waals surface area (Å²) in [5, 5.41) is 2.07.